The quantitative estimate of drug-likeness (QED) is 0.807. The Balaban J connectivity index is 1.54. The van der Waals surface area contributed by atoms with Gasteiger partial charge in [-0.1, -0.05) is 25.0 Å². The Morgan fingerprint density at radius 2 is 2.05 bits per heavy atom. The van der Waals surface area contributed by atoms with Gasteiger partial charge in [-0.2, -0.15) is 0 Å². The van der Waals surface area contributed by atoms with E-state index < -0.39 is 0 Å². The Hall–Kier alpha value is -1.28. The van der Waals surface area contributed by atoms with Gasteiger partial charge in [-0.05, 0) is 55.3 Å². The number of nitrogens with zero attached hydrogens (tertiary/aromatic N) is 1. The number of nitrogens with one attached hydrogen (secondary N) is 1. The minimum atomic E-state index is 0.934. The zero-order valence-corrected chi connectivity index (χ0v) is 11.9. The van der Waals surface area contributed by atoms with Crippen molar-refractivity contribution in [2.45, 2.75) is 39.2 Å². The summed E-state index contributed by atoms with van der Waals surface area (Å²) in [6.45, 7) is 5.52. The van der Waals surface area contributed by atoms with E-state index in [0.29, 0.717) is 0 Å². The van der Waals surface area contributed by atoms with Crippen molar-refractivity contribution in [2.75, 3.05) is 13.1 Å². The molecule has 1 aliphatic carbocycles. The second-order valence-electron chi connectivity index (χ2n) is 5.93. The van der Waals surface area contributed by atoms with Crippen LogP contribution in [-0.2, 0) is 6.54 Å². The van der Waals surface area contributed by atoms with Gasteiger partial charge in [-0.3, -0.25) is 0 Å². The van der Waals surface area contributed by atoms with Crippen molar-refractivity contribution in [1.29, 1.82) is 0 Å². The Kier molecular flexibility index (Phi) is 3.88. The number of hydrogen-bond acceptors (Lipinski definition) is 1. The van der Waals surface area contributed by atoms with Gasteiger partial charge in [0.1, 0.15) is 0 Å². The van der Waals surface area contributed by atoms with Crippen molar-refractivity contribution >= 4 is 10.9 Å². The Bertz CT molecular complexity index is 535. The Morgan fingerprint density at radius 1 is 1.21 bits per heavy atom. The maximum absolute atomic E-state index is 3.62. The van der Waals surface area contributed by atoms with E-state index in [2.05, 4.69) is 47.3 Å². The average Bonchev–Trinajstić information content (AvgIpc) is 3.04. The molecule has 2 aromatic rings. The molecule has 0 radical (unpaired) electrons. The van der Waals surface area contributed by atoms with Gasteiger partial charge in [-0.15, -0.1) is 0 Å². The summed E-state index contributed by atoms with van der Waals surface area (Å²) in [5.74, 6) is 0.934. The van der Waals surface area contributed by atoms with Gasteiger partial charge >= 0.3 is 0 Å². The summed E-state index contributed by atoms with van der Waals surface area (Å²) in [7, 11) is 0. The SMILES string of the molecule is Cc1ccc2ccn(CCNCC3CCCC3)c2c1. The lowest BCUT2D eigenvalue weighted by Gasteiger charge is -2.11. The highest BCUT2D eigenvalue weighted by Gasteiger charge is 2.13. The van der Waals surface area contributed by atoms with Crippen molar-refractivity contribution in [3.63, 3.8) is 0 Å². The van der Waals surface area contributed by atoms with Crippen LogP contribution >= 0.6 is 0 Å². The molecule has 1 saturated carbocycles. The molecule has 2 heteroatoms. The fourth-order valence-electron chi connectivity index (χ4n) is 3.21. The van der Waals surface area contributed by atoms with Gasteiger partial charge in [0, 0.05) is 24.8 Å². The molecule has 2 nitrogen and oxygen atoms in total. The predicted octanol–water partition coefficient (Wildman–Crippen LogP) is 3.73. The smallest absolute Gasteiger partial charge is 0.0483 e. The van der Waals surface area contributed by atoms with E-state index in [1.54, 1.807) is 0 Å². The molecule has 0 unspecified atom stereocenters. The summed E-state index contributed by atoms with van der Waals surface area (Å²) in [5.41, 5.74) is 2.70. The molecule has 3 rings (SSSR count). The maximum atomic E-state index is 3.62. The van der Waals surface area contributed by atoms with Gasteiger partial charge < -0.3 is 9.88 Å². The van der Waals surface area contributed by atoms with Crippen LogP contribution in [0.4, 0.5) is 0 Å². The lowest BCUT2D eigenvalue weighted by molar-refractivity contribution is 0.478. The van der Waals surface area contributed by atoms with Crippen LogP contribution in [0.1, 0.15) is 31.2 Å². The van der Waals surface area contributed by atoms with Gasteiger partial charge in [0.05, 0.1) is 0 Å². The zero-order chi connectivity index (χ0) is 13.1. The first-order chi connectivity index (χ1) is 9.33. The normalized spacial score (nSPS) is 16.5. The third kappa shape index (κ3) is 3.01. The van der Waals surface area contributed by atoms with Crippen molar-refractivity contribution < 1.29 is 0 Å². The molecule has 0 saturated heterocycles. The maximum Gasteiger partial charge on any atom is 0.0483 e. The lowest BCUT2D eigenvalue weighted by atomic mass is 10.1. The number of fused-ring (bicyclic) bond motifs is 1. The molecule has 19 heavy (non-hydrogen) atoms. The van der Waals surface area contributed by atoms with Crippen LogP contribution in [0, 0.1) is 12.8 Å². The van der Waals surface area contributed by atoms with E-state index in [0.717, 1.165) is 19.0 Å². The van der Waals surface area contributed by atoms with E-state index in [1.165, 1.54) is 48.7 Å². The van der Waals surface area contributed by atoms with Crippen LogP contribution in [0.2, 0.25) is 0 Å². The molecule has 0 atom stereocenters. The molecule has 1 heterocycles. The van der Waals surface area contributed by atoms with Crippen LogP contribution in [0.3, 0.4) is 0 Å². The van der Waals surface area contributed by atoms with E-state index in [4.69, 9.17) is 0 Å². The topological polar surface area (TPSA) is 17.0 Å². The minimum absolute atomic E-state index is 0.934. The summed E-state index contributed by atoms with van der Waals surface area (Å²) in [6, 6.07) is 8.90. The number of rotatable bonds is 5. The Morgan fingerprint density at radius 3 is 2.89 bits per heavy atom. The standard InChI is InChI=1S/C17H24N2/c1-14-6-7-16-8-10-19(17(16)12-14)11-9-18-13-15-4-2-3-5-15/h6-8,10,12,15,18H,2-5,9,11,13H2,1H3. The summed E-state index contributed by atoms with van der Waals surface area (Å²) in [5, 5.41) is 4.97. The first-order valence-corrected chi connectivity index (χ1v) is 7.59. The molecule has 1 aromatic heterocycles. The summed E-state index contributed by atoms with van der Waals surface area (Å²) in [6.07, 6.45) is 7.94. The van der Waals surface area contributed by atoms with Crippen molar-refractivity contribution in [3.05, 3.63) is 36.0 Å². The molecule has 1 aromatic carbocycles. The molecule has 0 bridgehead atoms. The number of aryl methyl sites for hydroxylation is 1. The summed E-state index contributed by atoms with van der Waals surface area (Å²) in [4.78, 5) is 0. The molecule has 1 N–H and O–H groups in total. The highest BCUT2D eigenvalue weighted by atomic mass is 15.0. The third-order valence-electron chi connectivity index (χ3n) is 4.37. The van der Waals surface area contributed by atoms with E-state index in [-0.39, 0.29) is 0 Å². The second-order valence-corrected chi connectivity index (χ2v) is 5.93. The van der Waals surface area contributed by atoms with E-state index >= 15 is 0 Å². The van der Waals surface area contributed by atoms with Crippen molar-refractivity contribution in [3.8, 4) is 0 Å². The molecular formula is C17H24N2. The monoisotopic (exact) mass is 256 g/mol. The summed E-state index contributed by atoms with van der Waals surface area (Å²) < 4.78 is 2.37. The van der Waals surface area contributed by atoms with Gasteiger partial charge in [0.2, 0.25) is 0 Å². The van der Waals surface area contributed by atoms with E-state index in [9.17, 15) is 0 Å². The van der Waals surface area contributed by atoms with Crippen LogP contribution in [0.25, 0.3) is 10.9 Å². The predicted molar refractivity (Wildman–Crippen MR) is 81.5 cm³/mol. The fourth-order valence-corrected chi connectivity index (χ4v) is 3.21. The highest BCUT2D eigenvalue weighted by Crippen LogP contribution is 2.23. The minimum Gasteiger partial charge on any atom is -0.346 e. The van der Waals surface area contributed by atoms with Gasteiger partial charge in [-0.25, -0.2) is 0 Å². The number of benzene rings is 1. The molecular weight excluding hydrogens is 232 g/mol. The van der Waals surface area contributed by atoms with Crippen molar-refractivity contribution in [1.82, 2.24) is 9.88 Å². The Labute approximate surface area is 115 Å². The first-order valence-electron chi connectivity index (χ1n) is 7.59. The molecule has 0 aliphatic heterocycles. The van der Waals surface area contributed by atoms with Crippen LogP contribution in [-0.4, -0.2) is 17.7 Å². The van der Waals surface area contributed by atoms with Crippen LogP contribution in [0.5, 0.6) is 0 Å². The zero-order valence-electron chi connectivity index (χ0n) is 11.9. The average molecular weight is 256 g/mol. The van der Waals surface area contributed by atoms with E-state index in [1.807, 2.05) is 0 Å². The largest absolute Gasteiger partial charge is 0.346 e. The third-order valence-corrected chi connectivity index (χ3v) is 4.37. The molecule has 1 fully saturated rings. The number of hydrogen-bond donors (Lipinski definition) is 1. The van der Waals surface area contributed by atoms with Gasteiger partial charge in [0.25, 0.3) is 0 Å². The highest BCUT2D eigenvalue weighted by molar-refractivity contribution is 5.80. The van der Waals surface area contributed by atoms with Crippen molar-refractivity contribution in [2.24, 2.45) is 5.92 Å². The summed E-state index contributed by atoms with van der Waals surface area (Å²) >= 11 is 0. The molecule has 102 valence electrons. The number of aromatic nitrogens is 1. The molecule has 0 amide bonds. The van der Waals surface area contributed by atoms with Gasteiger partial charge in [0.15, 0.2) is 0 Å². The second kappa shape index (κ2) is 5.79. The first kappa shape index (κ1) is 12.7. The fraction of sp³-hybridized carbons (Fsp3) is 0.529. The molecule has 1 aliphatic rings. The molecule has 0 spiro atoms. The van der Waals surface area contributed by atoms with Crippen LogP contribution in [0.15, 0.2) is 30.5 Å². The lowest BCUT2D eigenvalue weighted by Crippen LogP contribution is -2.25. The van der Waals surface area contributed by atoms with Crippen LogP contribution < -0.4 is 5.32 Å².